The number of anilines is 1. The predicted octanol–water partition coefficient (Wildman–Crippen LogP) is 5.88. The highest BCUT2D eigenvalue weighted by atomic mass is 127. The Kier molecular flexibility index (Phi) is 20.7. The first-order valence-electron chi connectivity index (χ1n) is 18.5. The Labute approximate surface area is 376 Å². The molecule has 4 aromatic rings. The van der Waals surface area contributed by atoms with Crippen LogP contribution in [0.5, 0.6) is 0 Å². The van der Waals surface area contributed by atoms with Crippen molar-refractivity contribution in [1.29, 1.82) is 0 Å². The minimum Gasteiger partial charge on any atom is -0.461 e. The minimum absolute atomic E-state index is 0.00841. The number of aromatic nitrogens is 3. The van der Waals surface area contributed by atoms with E-state index in [1.54, 1.807) is 41.9 Å². The molecule has 334 valence electrons. The second kappa shape index (κ2) is 25.1. The summed E-state index contributed by atoms with van der Waals surface area (Å²) in [6.07, 6.45) is -0.273. The second-order valence-corrected chi connectivity index (χ2v) is 16.0. The van der Waals surface area contributed by atoms with Crippen molar-refractivity contribution in [3.8, 4) is 11.3 Å². The van der Waals surface area contributed by atoms with Gasteiger partial charge in [-0.3, -0.25) is 27.8 Å². The molecule has 2 aromatic heterocycles. The summed E-state index contributed by atoms with van der Waals surface area (Å²) in [5, 5.41) is 5.45. The van der Waals surface area contributed by atoms with Gasteiger partial charge in [-0.2, -0.15) is 13.2 Å². The van der Waals surface area contributed by atoms with E-state index in [2.05, 4.69) is 20.6 Å². The van der Waals surface area contributed by atoms with E-state index in [0.29, 0.717) is 28.3 Å². The van der Waals surface area contributed by atoms with Crippen LogP contribution < -0.4 is 10.6 Å². The molecule has 0 bridgehead atoms. The molecular weight excluding hydrogens is 1060 g/mol. The lowest BCUT2D eigenvalue weighted by Gasteiger charge is -2.17. The number of carbonyl (C=O) groups excluding carboxylic acids is 3. The van der Waals surface area contributed by atoms with Gasteiger partial charge < -0.3 is 39.2 Å². The molecule has 4 rings (SSSR count). The zero-order valence-electron chi connectivity index (χ0n) is 33.1. The minimum atomic E-state index is -4.84. The van der Waals surface area contributed by atoms with Crippen molar-refractivity contribution in [2.45, 2.75) is 32.7 Å². The zero-order chi connectivity index (χ0) is 44.4. The van der Waals surface area contributed by atoms with Crippen LogP contribution in [0.1, 0.15) is 32.6 Å². The summed E-state index contributed by atoms with van der Waals surface area (Å²) < 4.78 is 93.0. The number of nitrogens with one attached hydrogen (secondary N) is 2. The molecule has 2 heterocycles. The number of benzene rings is 2. The lowest BCUT2D eigenvalue weighted by atomic mass is 10.0. The maximum atomic E-state index is 14.2. The zero-order valence-corrected chi connectivity index (χ0v) is 38.3. The summed E-state index contributed by atoms with van der Waals surface area (Å²) in [5.74, 6) is -1.37. The van der Waals surface area contributed by atoms with Gasteiger partial charge in [0.25, 0.3) is 5.91 Å². The number of hydrogen-bond acceptors (Lipinski definition) is 14. The van der Waals surface area contributed by atoms with E-state index in [9.17, 15) is 37.0 Å². The molecule has 0 spiro atoms. The number of phosphoric ester groups is 1. The molecule has 23 heteroatoms. The van der Waals surface area contributed by atoms with Gasteiger partial charge in [0.05, 0.1) is 78.5 Å². The lowest BCUT2D eigenvalue weighted by molar-refractivity contribution is -0.159. The molecule has 1 amide bonds. The van der Waals surface area contributed by atoms with Crippen LogP contribution in [0.25, 0.3) is 17.0 Å². The van der Waals surface area contributed by atoms with Crippen molar-refractivity contribution in [1.82, 2.24) is 19.7 Å². The molecule has 2 aromatic carbocycles. The second-order valence-electron chi connectivity index (χ2n) is 13.0. The van der Waals surface area contributed by atoms with Crippen LogP contribution in [0.2, 0.25) is 0 Å². The first-order valence-corrected chi connectivity index (χ1v) is 23.1. The molecule has 2 atom stereocenters. The van der Waals surface area contributed by atoms with Gasteiger partial charge in [-0.25, -0.2) is 14.5 Å². The average Bonchev–Trinajstić information content (AvgIpc) is 3.65. The fraction of sp³-hybridized carbons (Fsp3) is 0.447. The van der Waals surface area contributed by atoms with Gasteiger partial charge in [0.2, 0.25) is 5.78 Å². The first kappa shape index (κ1) is 50.3. The number of halogens is 5. The monoisotopic (exact) mass is 1110 g/mol. The van der Waals surface area contributed by atoms with Crippen LogP contribution in [0.15, 0.2) is 55.0 Å². The normalized spacial score (nSPS) is 13.2. The van der Waals surface area contributed by atoms with E-state index in [4.69, 9.17) is 32.7 Å². The number of amides is 1. The summed E-state index contributed by atoms with van der Waals surface area (Å²) in [5.41, 5.74) is 1.61. The molecule has 0 radical (unpaired) electrons. The topological polar surface area (TPSA) is 207 Å². The summed E-state index contributed by atoms with van der Waals surface area (Å²) in [6.45, 7) is 3.50. The van der Waals surface area contributed by atoms with Gasteiger partial charge in [0.1, 0.15) is 6.61 Å². The molecule has 0 saturated heterocycles. The molecule has 0 aliphatic carbocycles. The molecular formula is C38H45F3I2N5O12P. The van der Waals surface area contributed by atoms with Crippen molar-refractivity contribution in [2.75, 3.05) is 80.2 Å². The Balaban J connectivity index is 1.13. The number of nitrogens with zero attached hydrogens (tertiary/aromatic N) is 3. The summed E-state index contributed by atoms with van der Waals surface area (Å²) in [4.78, 5) is 54.9. The van der Waals surface area contributed by atoms with Crippen LogP contribution in [0.3, 0.4) is 0 Å². The van der Waals surface area contributed by atoms with Crippen LogP contribution in [-0.4, -0.2) is 118 Å². The largest absolute Gasteiger partial charge is 0.472 e. The fourth-order valence-corrected chi connectivity index (χ4v) is 6.39. The fourth-order valence-electron chi connectivity index (χ4n) is 5.29. The van der Waals surface area contributed by atoms with E-state index in [-0.39, 0.29) is 87.0 Å². The third-order valence-corrected chi connectivity index (χ3v) is 10.5. The Bertz CT molecular complexity index is 2130. The highest BCUT2D eigenvalue weighted by Crippen LogP contribution is 2.42. The maximum Gasteiger partial charge on any atom is 0.472 e. The Morgan fingerprint density at radius 1 is 0.885 bits per heavy atom. The quantitative estimate of drug-likeness (QED) is 0.0221. The molecule has 0 aliphatic rings. The molecule has 1 unspecified atom stereocenters. The van der Waals surface area contributed by atoms with Gasteiger partial charge in [0, 0.05) is 42.9 Å². The number of esters is 2. The van der Waals surface area contributed by atoms with Crippen LogP contribution in [0.4, 0.5) is 18.9 Å². The SMILES string of the molecule is Cc1cnc2nc(-c3ccc(C)c(NC(=O)c4ccc(CNCCOP(=O)(O)OCCOCCOCCOC[C@@H](COC(=O)CI)OC(=O)CI)cc4C(F)(F)F)c3)cn2c1. The third kappa shape index (κ3) is 17.4. The van der Waals surface area contributed by atoms with E-state index in [0.717, 1.165) is 17.7 Å². The van der Waals surface area contributed by atoms with Crippen molar-refractivity contribution in [2.24, 2.45) is 0 Å². The molecule has 3 N–H and O–H groups in total. The summed E-state index contributed by atoms with van der Waals surface area (Å²) in [6, 6.07) is 8.53. The number of imidazole rings is 1. The number of carbonyl (C=O) groups is 3. The van der Waals surface area contributed by atoms with E-state index in [1.165, 1.54) is 6.07 Å². The van der Waals surface area contributed by atoms with Crippen molar-refractivity contribution >= 4 is 82.3 Å². The van der Waals surface area contributed by atoms with Crippen LogP contribution >= 0.6 is 53.0 Å². The number of alkyl halides is 5. The summed E-state index contributed by atoms with van der Waals surface area (Å²) in [7, 11) is -4.45. The van der Waals surface area contributed by atoms with Gasteiger partial charge in [-0.1, -0.05) is 63.4 Å². The number of ether oxygens (including phenoxy) is 5. The van der Waals surface area contributed by atoms with Crippen molar-refractivity contribution in [3.05, 3.63) is 82.8 Å². The number of fused-ring (bicyclic) bond motifs is 1. The highest BCUT2D eigenvalue weighted by Gasteiger charge is 2.35. The molecule has 61 heavy (non-hydrogen) atoms. The van der Waals surface area contributed by atoms with E-state index >= 15 is 0 Å². The van der Waals surface area contributed by atoms with E-state index < -0.39 is 49.1 Å². The van der Waals surface area contributed by atoms with Crippen molar-refractivity contribution < 1.29 is 69.7 Å². The Morgan fingerprint density at radius 2 is 1.57 bits per heavy atom. The number of phosphoric acid groups is 1. The Hall–Kier alpha value is -3.33. The molecule has 0 aliphatic heterocycles. The number of hydrogen-bond donors (Lipinski definition) is 3. The van der Waals surface area contributed by atoms with Gasteiger partial charge >= 0.3 is 25.9 Å². The lowest BCUT2D eigenvalue weighted by Crippen LogP contribution is -2.31. The standard InChI is InChI=1S/C38H45F3I2N5O12P/c1-25-19-45-37-47-33(22-48(37)21-25)28-5-3-26(2)32(16-28)46-36(51)30-6-4-27(15-31(30)38(39,40)41)20-44-7-8-58-61(52,53)59-14-13-55-10-9-54-11-12-56-23-29(60-35(50)18-43)24-57-34(49)17-42/h3-6,15-16,19,21-22,29,44H,7-14,17-18,20,23-24H2,1-2H3,(H,46,51)(H,52,53)/t29-/m0/s1. The number of rotatable bonds is 26. The maximum absolute atomic E-state index is 14.2. The summed E-state index contributed by atoms with van der Waals surface area (Å²) >= 11 is 3.72. The average molecular weight is 1110 g/mol. The van der Waals surface area contributed by atoms with Gasteiger partial charge in [-0.15, -0.1) is 0 Å². The van der Waals surface area contributed by atoms with E-state index in [1.807, 2.05) is 58.3 Å². The number of aryl methyl sites for hydroxylation is 2. The van der Waals surface area contributed by atoms with Gasteiger partial charge in [-0.05, 0) is 48.7 Å². The van der Waals surface area contributed by atoms with Crippen LogP contribution in [0, 0.1) is 13.8 Å². The molecule has 0 saturated carbocycles. The van der Waals surface area contributed by atoms with Crippen LogP contribution in [-0.2, 0) is 59.6 Å². The van der Waals surface area contributed by atoms with Crippen molar-refractivity contribution in [3.63, 3.8) is 0 Å². The molecule has 0 fully saturated rings. The predicted molar refractivity (Wildman–Crippen MR) is 232 cm³/mol. The highest BCUT2D eigenvalue weighted by molar-refractivity contribution is 14.1. The third-order valence-electron chi connectivity index (χ3n) is 8.19. The van der Waals surface area contributed by atoms with Gasteiger partial charge in [0.15, 0.2) is 6.10 Å². The Morgan fingerprint density at radius 3 is 2.28 bits per heavy atom. The smallest absolute Gasteiger partial charge is 0.461 e. The first-order chi connectivity index (χ1) is 29.1. The molecule has 17 nitrogen and oxygen atoms in total.